The molecule has 0 spiro atoms. The second-order valence-corrected chi connectivity index (χ2v) is 7.35. The van der Waals surface area contributed by atoms with Crippen LogP contribution in [-0.2, 0) is 4.74 Å². The summed E-state index contributed by atoms with van der Waals surface area (Å²) in [5.74, 6) is 0.487. The van der Waals surface area contributed by atoms with Crippen molar-refractivity contribution in [2.45, 2.75) is 52.1 Å². The molecule has 3 heterocycles. The molecule has 1 amide bonds. The fourth-order valence-electron chi connectivity index (χ4n) is 3.20. The van der Waals surface area contributed by atoms with Crippen molar-refractivity contribution in [3.8, 4) is 0 Å². The Morgan fingerprint density at radius 2 is 2.00 bits per heavy atom. The molecule has 1 saturated heterocycles. The molecule has 124 valence electrons. The Kier molecular flexibility index (Phi) is 4.04. The second kappa shape index (κ2) is 5.87. The summed E-state index contributed by atoms with van der Waals surface area (Å²) < 4.78 is 7.54. The number of piperidine rings is 1. The number of amides is 1. The van der Waals surface area contributed by atoms with Crippen molar-refractivity contribution in [1.82, 2.24) is 14.3 Å². The minimum absolute atomic E-state index is 0.197. The first kappa shape index (κ1) is 15.8. The first-order valence-electron chi connectivity index (χ1n) is 8.24. The van der Waals surface area contributed by atoms with Crippen LogP contribution in [0.25, 0.3) is 5.65 Å². The largest absolute Gasteiger partial charge is 0.444 e. The van der Waals surface area contributed by atoms with Gasteiger partial charge in [0.05, 0.1) is 0 Å². The van der Waals surface area contributed by atoms with Gasteiger partial charge in [-0.2, -0.15) is 0 Å². The van der Waals surface area contributed by atoms with Crippen LogP contribution in [0.3, 0.4) is 0 Å². The van der Waals surface area contributed by atoms with Gasteiger partial charge in [-0.05, 0) is 63.6 Å². The molecule has 0 atom stereocenters. The van der Waals surface area contributed by atoms with E-state index in [0.717, 1.165) is 31.6 Å². The summed E-state index contributed by atoms with van der Waals surface area (Å²) >= 11 is 0. The number of aryl methyl sites for hydroxylation is 1. The third-order valence-corrected chi connectivity index (χ3v) is 4.36. The van der Waals surface area contributed by atoms with E-state index in [0.29, 0.717) is 5.92 Å². The zero-order chi connectivity index (χ0) is 16.6. The highest BCUT2D eigenvalue weighted by Gasteiger charge is 2.28. The summed E-state index contributed by atoms with van der Waals surface area (Å²) in [5.41, 5.74) is 3.19. The average molecular weight is 315 g/mol. The lowest BCUT2D eigenvalue weighted by atomic mass is 9.88. The zero-order valence-corrected chi connectivity index (χ0v) is 14.4. The predicted octanol–water partition coefficient (Wildman–Crippen LogP) is 3.76. The standard InChI is InChI=1S/C18H25N3O2/c1-13-11-16-19-7-10-21(16)12-15(13)14-5-8-20(9-6-14)17(22)23-18(2,3)4/h7,10-12,14H,5-6,8-9H2,1-4H3. The van der Waals surface area contributed by atoms with Crippen molar-refractivity contribution >= 4 is 11.7 Å². The Bertz CT molecular complexity index is 707. The Hall–Kier alpha value is -2.04. The molecule has 23 heavy (non-hydrogen) atoms. The maximum absolute atomic E-state index is 12.2. The van der Waals surface area contributed by atoms with Crippen LogP contribution >= 0.6 is 0 Å². The Morgan fingerprint density at radius 1 is 1.30 bits per heavy atom. The van der Waals surface area contributed by atoms with Crippen LogP contribution in [0.2, 0.25) is 0 Å². The molecular formula is C18H25N3O2. The van der Waals surface area contributed by atoms with Gasteiger partial charge in [-0.1, -0.05) is 0 Å². The molecule has 5 heteroatoms. The average Bonchev–Trinajstić information content (AvgIpc) is 2.92. The molecule has 0 aliphatic carbocycles. The zero-order valence-electron chi connectivity index (χ0n) is 14.4. The first-order valence-corrected chi connectivity index (χ1v) is 8.24. The maximum atomic E-state index is 12.2. The van der Waals surface area contributed by atoms with Crippen LogP contribution in [0.1, 0.15) is 50.7 Å². The molecule has 2 aromatic rings. The van der Waals surface area contributed by atoms with E-state index in [1.54, 1.807) is 0 Å². The Balaban J connectivity index is 1.68. The normalized spacial score (nSPS) is 16.8. The molecule has 2 aromatic heterocycles. The number of likely N-dealkylation sites (tertiary alicyclic amines) is 1. The number of hydrogen-bond donors (Lipinski definition) is 0. The van der Waals surface area contributed by atoms with Crippen molar-refractivity contribution in [1.29, 1.82) is 0 Å². The fourth-order valence-corrected chi connectivity index (χ4v) is 3.20. The van der Waals surface area contributed by atoms with Crippen LogP contribution in [-0.4, -0.2) is 39.1 Å². The van der Waals surface area contributed by atoms with Gasteiger partial charge in [0.2, 0.25) is 0 Å². The van der Waals surface area contributed by atoms with E-state index >= 15 is 0 Å². The minimum atomic E-state index is -0.434. The van der Waals surface area contributed by atoms with E-state index < -0.39 is 5.60 Å². The molecule has 0 N–H and O–H groups in total. The number of aromatic nitrogens is 2. The van der Waals surface area contributed by atoms with Crippen LogP contribution in [0.5, 0.6) is 0 Å². The molecule has 1 aliphatic rings. The van der Waals surface area contributed by atoms with Gasteiger partial charge < -0.3 is 14.0 Å². The van der Waals surface area contributed by atoms with Gasteiger partial charge in [-0.25, -0.2) is 9.78 Å². The molecule has 0 saturated carbocycles. The van der Waals surface area contributed by atoms with E-state index in [1.807, 2.05) is 38.1 Å². The fraction of sp³-hybridized carbons (Fsp3) is 0.556. The molecule has 5 nitrogen and oxygen atoms in total. The van der Waals surface area contributed by atoms with E-state index in [2.05, 4.69) is 28.6 Å². The summed E-state index contributed by atoms with van der Waals surface area (Å²) in [6, 6.07) is 2.13. The lowest BCUT2D eigenvalue weighted by molar-refractivity contribution is 0.0204. The van der Waals surface area contributed by atoms with E-state index in [-0.39, 0.29) is 6.09 Å². The summed E-state index contributed by atoms with van der Waals surface area (Å²) in [4.78, 5) is 18.3. The number of carbonyl (C=O) groups is 1. The van der Waals surface area contributed by atoms with Crippen molar-refractivity contribution in [2.75, 3.05) is 13.1 Å². The predicted molar refractivity (Wildman–Crippen MR) is 89.7 cm³/mol. The number of fused-ring (bicyclic) bond motifs is 1. The molecule has 0 bridgehead atoms. The number of carbonyl (C=O) groups excluding carboxylic acids is 1. The van der Waals surface area contributed by atoms with Crippen LogP contribution in [0.15, 0.2) is 24.7 Å². The number of ether oxygens (including phenoxy) is 1. The van der Waals surface area contributed by atoms with E-state index in [1.165, 1.54) is 11.1 Å². The monoisotopic (exact) mass is 315 g/mol. The SMILES string of the molecule is Cc1cc2nccn2cc1C1CCN(C(=O)OC(C)(C)C)CC1. The number of hydrogen-bond acceptors (Lipinski definition) is 3. The van der Waals surface area contributed by atoms with Gasteiger partial charge in [0.15, 0.2) is 0 Å². The Labute approximate surface area is 137 Å². The van der Waals surface area contributed by atoms with Crippen LogP contribution in [0, 0.1) is 6.92 Å². The molecule has 0 aromatic carbocycles. The first-order chi connectivity index (χ1) is 10.8. The minimum Gasteiger partial charge on any atom is -0.444 e. The summed E-state index contributed by atoms with van der Waals surface area (Å²) in [6.45, 7) is 9.36. The van der Waals surface area contributed by atoms with E-state index in [4.69, 9.17) is 4.74 Å². The van der Waals surface area contributed by atoms with Crippen LogP contribution in [0.4, 0.5) is 4.79 Å². The van der Waals surface area contributed by atoms with Gasteiger partial charge >= 0.3 is 6.09 Å². The third-order valence-electron chi connectivity index (χ3n) is 4.36. The van der Waals surface area contributed by atoms with Gasteiger partial charge in [0.1, 0.15) is 11.2 Å². The molecule has 1 fully saturated rings. The smallest absolute Gasteiger partial charge is 0.410 e. The summed E-state index contributed by atoms with van der Waals surface area (Å²) in [6.07, 6.45) is 7.74. The van der Waals surface area contributed by atoms with Gasteiger partial charge in [0.25, 0.3) is 0 Å². The molecule has 0 radical (unpaired) electrons. The van der Waals surface area contributed by atoms with Gasteiger partial charge in [0, 0.05) is 31.7 Å². The Morgan fingerprint density at radius 3 is 2.65 bits per heavy atom. The number of nitrogens with zero attached hydrogens (tertiary/aromatic N) is 3. The molecule has 1 aliphatic heterocycles. The number of imidazole rings is 1. The van der Waals surface area contributed by atoms with Crippen molar-refractivity contribution in [2.24, 2.45) is 0 Å². The van der Waals surface area contributed by atoms with Crippen molar-refractivity contribution in [3.05, 3.63) is 35.8 Å². The van der Waals surface area contributed by atoms with Gasteiger partial charge in [-0.3, -0.25) is 0 Å². The van der Waals surface area contributed by atoms with Crippen LogP contribution < -0.4 is 0 Å². The van der Waals surface area contributed by atoms with E-state index in [9.17, 15) is 4.79 Å². The summed E-state index contributed by atoms with van der Waals surface area (Å²) in [5, 5.41) is 0. The topological polar surface area (TPSA) is 46.8 Å². The molecule has 0 unspecified atom stereocenters. The lowest BCUT2D eigenvalue weighted by Gasteiger charge is -2.34. The highest BCUT2D eigenvalue weighted by molar-refractivity contribution is 5.68. The summed E-state index contributed by atoms with van der Waals surface area (Å²) in [7, 11) is 0. The number of pyridine rings is 1. The number of rotatable bonds is 1. The molecule has 3 rings (SSSR count). The maximum Gasteiger partial charge on any atom is 0.410 e. The van der Waals surface area contributed by atoms with Crippen molar-refractivity contribution in [3.63, 3.8) is 0 Å². The third kappa shape index (κ3) is 3.49. The van der Waals surface area contributed by atoms with Crippen molar-refractivity contribution < 1.29 is 9.53 Å². The molecular weight excluding hydrogens is 290 g/mol. The highest BCUT2D eigenvalue weighted by atomic mass is 16.6. The quantitative estimate of drug-likeness (QED) is 0.805. The second-order valence-electron chi connectivity index (χ2n) is 7.35. The van der Waals surface area contributed by atoms with Gasteiger partial charge in [-0.15, -0.1) is 0 Å². The highest BCUT2D eigenvalue weighted by Crippen LogP contribution is 2.31. The lowest BCUT2D eigenvalue weighted by Crippen LogP contribution is -2.41.